The van der Waals surface area contributed by atoms with E-state index >= 15 is 0 Å². The number of hydrogen-bond acceptors (Lipinski definition) is 2. The summed E-state index contributed by atoms with van der Waals surface area (Å²) < 4.78 is 35.3. The minimum absolute atomic E-state index is 0.164. The van der Waals surface area contributed by atoms with Crippen LogP contribution in [0.25, 0.3) is 0 Å². The van der Waals surface area contributed by atoms with Crippen molar-refractivity contribution in [3.63, 3.8) is 0 Å². The average molecular weight is 244 g/mol. The summed E-state index contributed by atoms with van der Waals surface area (Å²) in [4.78, 5) is 0.744. The summed E-state index contributed by atoms with van der Waals surface area (Å²) in [6.45, 7) is 1.00. The van der Waals surface area contributed by atoms with Crippen LogP contribution in [0.1, 0.15) is 10.4 Å². The van der Waals surface area contributed by atoms with Crippen LogP contribution < -0.4 is 5.32 Å². The molecule has 0 aromatic carbocycles. The van der Waals surface area contributed by atoms with Crippen LogP contribution in [0.15, 0.2) is 5.38 Å². The molecule has 14 heavy (non-hydrogen) atoms. The Bertz CT molecular complexity index is 308. The van der Waals surface area contributed by atoms with Gasteiger partial charge in [-0.2, -0.15) is 13.2 Å². The van der Waals surface area contributed by atoms with E-state index in [4.69, 9.17) is 11.6 Å². The summed E-state index contributed by atoms with van der Waals surface area (Å²) in [5, 5.41) is 4.68. The van der Waals surface area contributed by atoms with Gasteiger partial charge in [-0.3, -0.25) is 0 Å². The van der Waals surface area contributed by atoms with Gasteiger partial charge in [0.2, 0.25) is 0 Å². The smallest absolute Gasteiger partial charge is 0.304 e. The van der Waals surface area contributed by atoms with Gasteiger partial charge in [0.1, 0.15) is 0 Å². The van der Waals surface area contributed by atoms with Crippen LogP contribution in [0, 0.1) is 6.92 Å². The molecule has 80 valence electrons. The minimum atomic E-state index is -4.17. The Hall–Kier alpha value is -0.260. The van der Waals surface area contributed by atoms with Crippen LogP contribution in [0.5, 0.6) is 0 Å². The molecular weight excluding hydrogens is 235 g/mol. The molecule has 0 saturated heterocycles. The Balaban J connectivity index is 2.43. The number of hydrogen-bond donors (Lipinski definition) is 1. The summed E-state index contributed by atoms with van der Waals surface area (Å²) in [7, 11) is 0. The fraction of sp³-hybridized carbons (Fsp3) is 0.500. The number of aryl methyl sites for hydroxylation is 1. The molecule has 6 heteroatoms. The number of nitrogens with one attached hydrogen (secondary N) is 1. The van der Waals surface area contributed by atoms with E-state index in [1.54, 1.807) is 0 Å². The molecule has 0 bridgehead atoms. The summed E-state index contributed by atoms with van der Waals surface area (Å²) in [5.41, 5.74) is 0.903. The van der Waals surface area contributed by atoms with Gasteiger partial charge in [0.25, 0.3) is 0 Å². The van der Waals surface area contributed by atoms with Crippen molar-refractivity contribution in [2.75, 3.05) is 6.54 Å². The minimum Gasteiger partial charge on any atom is -0.304 e. The molecule has 1 aromatic heterocycles. The van der Waals surface area contributed by atoms with Crippen molar-refractivity contribution in [3.8, 4) is 0 Å². The van der Waals surface area contributed by atoms with Gasteiger partial charge in [0, 0.05) is 11.4 Å². The van der Waals surface area contributed by atoms with Crippen LogP contribution in [-0.4, -0.2) is 12.7 Å². The van der Waals surface area contributed by atoms with Gasteiger partial charge in [-0.05, 0) is 17.9 Å². The molecule has 1 heterocycles. The maximum absolute atomic E-state index is 11.8. The van der Waals surface area contributed by atoms with Crippen molar-refractivity contribution < 1.29 is 13.2 Å². The highest BCUT2D eigenvalue weighted by molar-refractivity contribution is 7.10. The normalized spacial score (nSPS) is 12.1. The second-order valence-corrected chi connectivity index (χ2v) is 4.22. The number of alkyl halides is 3. The third-order valence-corrected chi connectivity index (χ3v) is 3.32. The summed E-state index contributed by atoms with van der Waals surface area (Å²) in [6.07, 6.45) is -4.17. The van der Waals surface area contributed by atoms with Crippen LogP contribution in [0.4, 0.5) is 13.2 Å². The first-order valence-electron chi connectivity index (χ1n) is 3.90. The number of rotatable bonds is 3. The average Bonchev–Trinajstić information content (AvgIpc) is 2.33. The second kappa shape index (κ2) is 4.51. The predicted octanol–water partition coefficient (Wildman–Crippen LogP) is 3.36. The molecule has 0 radical (unpaired) electrons. The quantitative estimate of drug-likeness (QED) is 0.858. The number of halogens is 4. The highest BCUT2D eigenvalue weighted by atomic mass is 35.5. The third kappa shape index (κ3) is 3.48. The van der Waals surface area contributed by atoms with Crippen LogP contribution >= 0.6 is 22.9 Å². The molecule has 1 rings (SSSR count). The molecule has 1 N–H and O–H groups in total. The molecular formula is C8H9ClF3NS. The Kier molecular flexibility index (Phi) is 3.80. The van der Waals surface area contributed by atoms with Gasteiger partial charge in [-0.25, -0.2) is 0 Å². The lowest BCUT2D eigenvalue weighted by molar-refractivity contribution is -0.125. The lowest BCUT2D eigenvalue weighted by Gasteiger charge is -2.07. The van der Waals surface area contributed by atoms with Gasteiger partial charge in [0.15, 0.2) is 0 Å². The van der Waals surface area contributed by atoms with Gasteiger partial charge in [-0.15, -0.1) is 11.3 Å². The Labute approximate surface area is 88.9 Å². The summed E-state index contributed by atoms with van der Waals surface area (Å²) >= 11 is 7.21. The Morgan fingerprint density at radius 1 is 1.50 bits per heavy atom. The summed E-state index contributed by atoms with van der Waals surface area (Å²) in [5.74, 6) is 0. The first kappa shape index (κ1) is 11.8. The van der Waals surface area contributed by atoms with E-state index < -0.39 is 12.7 Å². The van der Waals surface area contributed by atoms with E-state index in [-0.39, 0.29) is 6.54 Å². The standard InChI is InChI=1S/C8H9ClF3NS/c1-5-3-14-6(7(5)9)2-13-4-8(10,11)12/h3,13H,2,4H2,1H3. The zero-order chi connectivity index (χ0) is 10.8. The molecule has 0 atom stereocenters. The van der Waals surface area contributed by atoms with Crippen molar-refractivity contribution in [2.45, 2.75) is 19.6 Å². The lowest BCUT2D eigenvalue weighted by atomic mass is 10.3. The molecule has 0 fully saturated rings. The monoisotopic (exact) mass is 243 g/mol. The fourth-order valence-electron chi connectivity index (χ4n) is 0.920. The van der Waals surface area contributed by atoms with Crippen molar-refractivity contribution in [1.82, 2.24) is 5.32 Å². The van der Waals surface area contributed by atoms with E-state index in [2.05, 4.69) is 5.32 Å². The first-order valence-corrected chi connectivity index (χ1v) is 5.16. The van der Waals surface area contributed by atoms with Crippen molar-refractivity contribution >= 4 is 22.9 Å². The summed E-state index contributed by atoms with van der Waals surface area (Å²) in [6, 6.07) is 0. The van der Waals surface area contributed by atoms with Crippen molar-refractivity contribution in [3.05, 3.63) is 20.8 Å². The molecule has 0 aliphatic heterocycles. The fourth-order valence-corrected chi connectivity index (χ4v) is 2.13. The van der Waals surface area contributed by atoms with E-state index in [0.29, 0.717) is 5.02 Å². The molecule has 0 aliphatic carbocycles. The highest BCUT2D eigenvalue weighted by Gasteiger charge is 2.26. The van der Waals surface area contributed by atoms with Crippen LogP contribution in [0.3, 0.4) is 0 Å². The van der Waals surface area contributed by atoms with Gasteiger partial charge in [0.05, 0.1) is 11.6 Å². The van der Waals surface area contributed by atoms with Gasteiger partial charge < -0.3 is 5.32 Å². The maximum Gasteiger partial charge on any atom is 0.401 e. The molecule has 0 aliphatic rings. The maximum atomic E-state index is 11.8. The molecule has 0 unspecified atom stereocenters. The van der Waals surface area contributed by atoms with Crippen LogP contribution in [0.2, 0.25) is 5.02 Å². The largest absolute Gasteiger partial charge is 0.401 e. The zero-order valence-electron chi connectivity index (χ0n) is 7.41. The van der Waals surface area contributed by atoms with Crippen LogP contribution in [-0.2, 0) is 6.54 Å². The van der Waals surface area contributed by atoms with E-state index in [1.807, 2.05) is 12.3 Å². The Morgan fingerprint density at radius 3 is 2.57 bits per heavy atom. The van der Waals surface area contributed by atoms with E-state index in [9.17, 15) is 13.2 Å². The van der Waals surface area contributed by atoms with Gasteiger partial charge in [-0.1, -0.05) is 11.6 Å². The number of thiophene rings is 1. The zero-order valence-corrected chi connectivity index (χ0v) is 8.98. The molecule has 0 spiro atoms. The molecule has 0 saturated carbocycles. The Morgan fingerprint density at radius 2 is 2.14 bits per heavy atom. The molecule has 0 amide bonds. The molecule has 1 aromatic rings. The SMILES string of the molecule is Cc1csc(CNCC(F)(F)F)c1Cl. The van der Waals surface area contributed by atoms with E-state index in [0.717, 1.165) is 10.4 Å². The predicted molar refractivity (Wildman–Crippen MR) is 51.8 cm³/mol. The topological polar surface area (TPSA) is 12.0 Å². The first-order chi connectivity index (χ1) is 6.40. The third-order valence-electron chi connectivity index (χ3n) is 1.58. The highest BCUT2D eigenvalue weighted by Crippen LogP contribution is 2.27. The van der Waals surface area contributed by atoms with E-state index in [1.165, 1.54) is 11.3 Å². The lowest BCUT2D eigenvalue weighted by Crippen LogP contribution is -2.28. The second-order valence-electron chi connectivity index (χ2n) is 2.87. The molecule has 1 nitrogen and oxygen atoms in total. The van der Waals surface area contributed by atoms with Crippen molar-refractivity contribution in [1.29, 1.82) is 0 Å². The van der Waals surface area contributed by atoms with Gasteiger partial charge >= 0.3 is 6.18 Å². The van der Waals surface area contributed by atoms with Crippen molar-refractivity contribution in [2.24, 2.45) is 0 Å².